The molecule has 4 heteroatoms. The van der Waals surface area contributed by atoms with Gasteiger partial charge in [-0.05, 0) is 50.2 Å². The molecule has 0 heterocycles. The molecule has 0 bridgehead atoms. The normalized spacial score (nSPS) is 36.0. The molecule has 0 aliphatic heterocycles. The molecule has 2 aliphatic rings. The monoisotopic (exact) mass is 326 g/mol. The van der Waals surface area contributed by atoms with E-state index in [2.05, 4.69) is 40.8 Å². The van der Waals surface area contributed by atoms with E-state index in [9.17, 15) is 4.79 Å². The predicted molar refractivity (Wildman–Crippen MR) is 92.3 cm³/mol. The summed E-state index contributed by atoms with van der Waals surface area (Å²) in [6.07, 6.45) is 6.82. The minimum atomic E-state index is -1.93. The van der Waals surface area contributed by atoms with Crippen LogP contribution in [0.4, 0.5) is 0 Å². The Hall–Kier alpha value is -0.353. The van der Waals surface area contributed by atoms with Gasteiger partial charge in [0.1, 0.15) is 0 Å². The Labute approximate surface area is 137 Å². The maximum absolute atomic E-state index is 12.5. The van der Waals surface area contributed by atoms with Crippen molar-refractivity contribution in [2.75, 3.05) is 7.11 Å². The Morgan fingerprint density at radius 1 is 1.18 bits per heavy atom. The molecule has 0 amide bonds. The lowest BCUT2D eigenvalue weighted by molar-refractivity contribution is -0.220. The van der Waals surface area contributed by atoms with Gasteiger partial charge in [0.05, 0.1) is 18.1 Å². The molecule has 0 aromatic rings. The molecule has 0 radical (unpaired) electrons. The summed E-state index contributed by atoms with van der Waals surface area (Å²) in [5.74, 6) is 0.442. The van der Waals surface area contributed by atoms with Crippen LogP contribution in [0.1, 0.15) is 66.2 Å². The summed E-state index contributed by atoms with van der Waals surface area (Å²) in [4.78, 5) is 12.5. The van der Waals surface area contributed by atoms with Crippen LogP contribution in [-0.2, 0) is 14.0 Å². The molecule has 1 unspecified atom stereocenters. The van der Waals surface area contributed by atoms with Crippen molar-refractivity contribution in [3.05, 3.63) is 0 Å². The number of hydrogen-bond acceptors (Lipinski definition) is 3. The van der Waals surface area contributed by atoms with E-state index < -0.39 is 13.7 Å². The zero-order valence-electron chi connectivity index (χ0n) is 15.5. The van der Waals surface area contributed by atoms with Crippen LogP contribution in [-0.4, -0.2) is 27.0 Å². The average molecular weight is 327 g/mol. The first-order chi connectivity index (χ1) is 10.0. The number of carbonyl (C=O) groups is 1. The highest BCUT2D eigenvalue weighted by Crippen LogP contribution is 2.64. The first-order valence-electron chi connectivity index (χ1n) is 8.79. The van der Waals surface area contributed by atoms with E-state index in [-0.39, 0.29) is 16.6 Å². The van der Waals surface area contributed by atoms with Gasteiger partial charge in [-0.15, -0.1) is 0 Å². The molecule has 2 saturated carbocycles. The van der Waals surface area contributed by atoms with Crippen molar-refractivity contribution in [1.82, 2.24) is 0 Å². The summed E-state index contributed by atoms with van der Waals surface area (Å²) in [6.45, 7) is 13.5. The van der Waals surface area contributed by atoms with Crippen molar-refractivity contribution in [2.24, 2.45) is 11.3 Å². The summed E-state index contributed by atoms with van der Waals surface area (Å²) in [6, 6.07) is 0. The molecule has 128 valence electrons. The number of hydrogen-bond donors (Lipinski definition) is 0. The summed E-state index contributed by atoms with van der Waals surface area (Å²) in [5, 5.41) is 0.158. The van der Waals surface area contributed by atoms with Crippen LogP contribution in [0, 0.1) is 11.3 Å². The smallest absolute Gasteiger partial charge is 0.314 e. The summed E-state index contributed by atoms with van der Waals surface area (Å²) in [5.41, 5.74) is -0.758. The number of carbonyl (C=O) groups excluding carboxylic acids is 1. The SMILES string of the molecule is COC(=O)[C@@]1(C)CC2CCCCC[C@]21O[Si](C)(C)C(C)(C)C. The lowest BCUT2D eigenvalue weighted by Crippen LogP contribution is -2.70. The zero-order chi connectivity index (χ0) is 16.8. The van der Waals surface area contributed by atoms with Gasteiger partial charge in [-0.2, -0.15) is 0 Å². The molecular weight excluding hydrogens is 292 g/mol. The van der Waals surface area contributed by atoms with Crippen LogP contribution in [0.15, 0.2) is 0 Å². The van der Waals surface area contributed by atoms with Crippen LogP contribution in [0.25, 0.3) is 0 Å². The molecule has 2 aliphatic carbocycles. The van der Waals surface area contributed by atoms with E-state index in [1.807, 2.05) is 0 Å². The maximum atomic E-state index is 12.5. The minimum absolute atomic E-state index is 0.0793. The second kappa shape index (κ2) is 5.62. The Kier molecular flexibility index (Phi) is 4.60. The van der Waals surface area contributed by atoms with E-state index in [0.29, 0.717) is 5.92 Å². The summed E-state index contributed by atoms with van der Waals surface area (Å²) in [7, 11) is -0.421. The molecule has 22 heavy (non-hydrogen) atoms. The van der Waals surface area contributed by atoms with Gasteiger partial charge in [-0.1, -0.05) is 40.0 Å². The fourth-order valence-electron chi connectivity index (χ4n) is 4.26. The fraction of sp³-hybridized carbons (Fsp3) is 0.944. The molecule has 3 nitrogen and oxygen atoms in total. The molecule has 2 fully saturated rings. The van der Waals surface area contributed by atoms with Gasteiger partial charge < -0.3 is 9.16 Å². The van der Waals surface area contributed by atoms with Gasteiger partial charge in [0, 0.05) is 0 Å². The van der Waals surface area contributed by atoms with Crippen molar-refractivity contribution in [3.8, 4) is 0 Å². The van der Waals surface area contributed by atoms with Crippen LogP contribution in [0.3, 0.4) is 0 Å². The molecular formula is C18H34O3Si. The second-order valence-electron chi connectivity index (χ2n) is 9.08. The second-order valence-corrected chi connectivity index (χ2v) is 13.8. The highest BCUT2D eigenvalue weighted by atomic mass is 28.4. The van der Waals surface area contributed by atoms with Crippen LogP contribution in [0.5, 0.6) is 0 Å². The first-order valence-corrected chi connectivity index (χ1v) is 11.7. The molecule has 0 spiro atoms. The van der Waals surface area contributed by atoms with E-state index in [4.69, 9.17) is 9.16 Å². The minimum Gasteiger partial charge on any atom is -0.469 e. The standard InChI is InChI=1S/C18H34O3Si/c1-16(2,3)22(6,7)21-18-12-10-8-9-11-14(18)13-17(18,4)15(19)20-5/h14H,8-13H2,1-7H3/t14?,17-,18+/m1/s1. The first kappa shape index (κ1) is 18.0. The van der Waals surface area contributed by atoms with E-state index in [1.54, 1.807) is 0 Å². The van der Waals surface area contributed by atoms with Crippen LogP contribution >= 0.6 is 0 Å². The van der Waals surface area contributed by atoms with E-state index >= 15 is 0 Å². The van der Waals surface area contributed by atoms with Gasteiger partial charge in [0.25, 0.3) is 0 Å². The number of fused-ring (bicyclic) bond motifs is 1. The number of ether oxygens (including phenoxy) is 1. The topological polar surface area (TPSA) is 35.5 Å². The average Bonchev–Trinajstić information content (AvgIpc) is 2.56. The van der Waals surface area contributed by atoms with E-state index in [1.165, 1.54) is 26.4 Å². The Morgan fingerprint density at radius 2 is 1.82 bits per heavy atom. The largest absolute Gasteiger partial charge is 0.469 e. The number of esters is 1. The third-order valence-corrected chi connectivity index (χ3v) is 11.2. The summed E-state index contributed by atoms with van der Waals surface area (Å²) >= 11 is 0. The molecule has 0 aromatic heterocycles. The third kappa shape index (κ3) is 2.56. The van der Waals surface area contributed by atoms with Gasteiger partial charge >= 0.3 is 5.97 Å². The zero-order valence-corrected chi connectivity index (χ0v) is 16.5. The molecule has 3 atom stereocenters. The van der Waals surface area contributed by atoms with Gasteiger partial charge in [-0.25, -0.2) is 0 Å². The van der Waals surface area contributed by atoms with Crippen molar-refractivity contribution in [3.63, 3.8) is 0 Å². The van der Waals surface area contributed by atoms with Gasteiger partial charge in [0.15, 0.2) is 8.32 Å². The Bertz CT molecular complexity index is 440. The number of rotatable bonds is 3. The molecule has 2 rings (SSSR count). The Morgan fingerprint density at radius 3 is 2.36 bits per heavy atom. The van der Waals surface area contributed by atoms with Crippen molar-refractivity contribution >= 4 is 14.3 Å². The van der Waals surface area contributed by atoms with Crippen molar-refractivity contribution in [2.45, 2.75) is 90.0 Å². The van der Waals surface area contributed by atoms with Gasteiger partial charge in [-0.3, -0.25) is 4.79 Å². The fourth-order valence-corrected chi connectivity index (χ4v) is 5.97. The van der Waals surface area contributed by atoms with Crippen LogP contribution < -0.4 is 0 Å². The van der Waals surface area contributed by atoms with E-state index in [0.717, 1.165) is 19.3 Å². The lowest BCUT2D eigenvalue weighted by Gasteiger charge is -2.64. The van der Waals surface area contributed by atoms with Crippen molar-refractivity contribution in [1.29, 1.82) is 0 Å². The quantitative estimate of drug-likeness (QED) is 0.546. The Balaban J connectivity index is 2.39. The number of methoxy groups -OCH3 is 1. The molecule has 0 N–H and O–H groups in total. The predicted octanol–water partition coefficient (Wildman–Crippen LogP) is 4.91. The summed E-state index contributed by atoms with van der Waals surface area (Å²) < 4.78 is 12.2. The van der Waals surface area contributed by atoms with Crippen molar-refractivity contribution < 1.29 is 14.0 Å². The highest BCUT2D eigenvalue weighted by molar-refractivity contribution is 6.74. The lowest BCUT2D eigenvalue weighted by atomic mass is 9.49. The van der Waals surface area contributed by atoms with Gasteiger partial charge in [0.2, 0.25) is 0 Å². The molecule has 0 aromatic carbocycles. The third-order valence-electron chi connectivity index (χ3n) is 6.73. The molecule has 0 saturated heterocycles. The van der Waals surface area contributed by atoms with Crippen LogP contribution in [0.2, 0.25) is 18.1 Å². The maximum Gasteiger partial charge on any atom is 0.314 e. The highest BCUT2D eigenvalue weighted by Gasteiger charge is 2.69.